The summed E-state index contributed by atoms with van der Waals surface area (Å²) in [6.07, 6.45) is 0. The lowest BCUT2D eigenvalue weighted by molar-refractivity contribution is -0.0505. The van der Waals surface area contributed by atoms with E-state index < -0.39 is 0 Å². The Morgan fingerprint density at radius 3 is 2.58 bits per heavy atom. The Kier molecular flexibility index (Phi) is 10.6. The topological polar surface area (TPSA) is 60.0 Å². The van der Waals surface area contributed by atoms with Gasteiger partial charge in [-0.1, -0.05) is 0 Å². The maximum Gasteiger partial charge on any atom is 0.146 e. The predicted octanol–water partition coefficient (Wildman–Crippen LogP) is -0.837. The summed E-state index contributed by atoms with van der Waals surface area (Å²) in [7, 11) is 1.58. The van der Waals surface area contributed by atoms with E-state index >= 15 is 0 Å². The maximum absolute atomic E-state index is 8.33. The van der Waals surface area contributed by atoms with Crippen LogP contribution in [0.25, 0.3) is 0 Å². The summed E-state index contributed by atoms with van der Waals surface area (Å²) in [5.41, 5.74) is 0. The molecule has 0 aromatic carbocycles. The molecule has 2 N–H and O–H groups in total. The largest absolute Gasteiger partial charge is 0.381 e. The normalized spacial score (nSPS) is 10.5. The second-order valence-corrected chi connectivity index (χ2v) is 2.09. The van der Waals surface area contributed by atoms with Crippen molar-refractivity contribution in [1.82, 2.24) is 5.32 Å². The third kappa shape index (κ3) is 9.80. The second-order valence-electron chi connectivity index (χ2n) is 2.09. The molecule has 0 bridgehead atoms. The van der Waals surface area contributed by atoms with E-state index in [9.17, 15) is 0 Å². The molecule has 0 fully saturated rings. The molecule has 0 saturated carbocycles. The molecule has 0 aliphatic heterocycles. The van der Waals surface area contributed by atoms with Crippen LogP contribution >= 0.6 is 0 Å². The number of rotatable bonds is 9. The third-order valence-electron chi connectivity index (χ3n) is 1.11. The zero-order chi connectivity index (χ0) is 9.07. The van der Waals surface area contributed by atoms with Crippen LogP contribution in [0, 0.1) is 0 Å². The average molecular weight is 179 g/mol. The molecule has 0 spiro atoms. The van der Waals surface area contributed by atoms with Crippen LogP contribution in [-0.4, -0.2) is 52.1 Å². The van der Waals surface area contributed by atoms with Crippen LogP contribution in [0.3, 0.4) is 0 Å². The molecule has 0 unspecified atom stereocenters. The molecule has 0 aliphatic carbocycles. The Morgan fingerprint density at radius 1 is 1.17 bits per heavy atom. The number of methoxy groups -OCH3 is 1. The van der Waals surface area contributed by atoms with Gasteiger partial charge < -0.3 is 19.3 Å². The van der Waals surface area contributed by atoms with Crippen molar-refractivity contribution in [3.05, 3.63) is 0 Å². The number of hydrogen-bond donors (Lipinski definition) is 2. The zero-order valence-corrected chi connectivity index (χ0v) is 7.41. The van der Waals surface area contributed by atoms with Gasteiger partial charge in [-0.05, 0) is 0 Å². The van der Waals surface area contributed by atoms with Crippen LogP contribution in [0.15, 0.2) is 0 Å². The fraction of sp³-hybridized carbons (Fsp3) is 1.00. The molecule has 74 valence electrons. The number of aliphatic hydroxyl groups excluding tert-OH is 1. The third-order valence-corrected chi connectivity index (χ3v) is 1.11. The van der Waals surface area contributed by atoms with E-state index in [0.717, 1.165) is 0 Å². The molecular weight excluding hydrogens is 162 g/mol. The van der Waals surface area contributed by atoms with Crippen molar-refractivity contribution in [2.75, 3.05) is 47.0 Å². The van der Waals surface area contributed by atoms with Crippen molar-refractivity contribution >= 4 is 0 Å². The summed E-state index contributed by atoms with van der Waals surface area (Å²) in [6, 6.07) is 0. The highest BCUT2D eigenvalue weighted by Crippen LogP contribution is 1.77. The molecule has 0 saturated heterocycles. The predicted molar refractivity (Wildman–Crippen MR) is 43.7 cm³/mol. The molecule has 0 amide bonds. The molecule has 12 heavy (non-hydrogen) atoms. The van der Waals surface area contributed by atoms with Gasteiger partial charge in [-0.3, -0.25) is 5.32 Å². The Labute approximate surface area is 72.6 Å². The highest BCUT2D eigenvalue weighted by Gasteiger charge is 1.88. The van der Waals surface area contributed by atoms with Gasteiger partial charge in [0.05, 0.1) is 26.6 Å². The minimum absolute atomic E-state index is 0.0104. The summed E-state index contributed by atoms with van der Waals surface area (Å²) < 4.78 is 14.8. The van der Waals surface area contributed by atoms with Gasteiger partial charge in [-0.15, -0.1) is 0 Å². The molecule has 0 radical (unpaired) electrons. The lowest BCUT2D eigenvalue weighted by atomic mass is 10.7. The molecular formula is C7H17NO4. The zero-order valence-electron chi connectivity index (χ0n) is 7.41. The lowest BCUT2D eigenvalue weighted by Crippen LogP contribution is -2.21. The van der Waals surface area contributed by atoms with E-state index in [1.165, 1.54) is 0 Å². The van der Waals surface area contributed by atoms with Crippen LogP contribution in [-0.2, 0) is 14.2 Å². The quantitative estimate of drug-likeness (QED) is 0.357. The number of hydrogen-bond acceptors (Lipinski definition) is 5. The van der Waals surface area contributed by atoms with Gasteiger partial charge in [0.15, 0.2) is 0 Å². The summed E-state index contributed by atoms with van der Waals surface area (Å²) in [5, 5.41) is 11.0. The maximum atomic E-state index is 8.33. The molecule has 0 atom stereocenters. The first-order chi connectivity index (χ1) is 5.91. The van der Waals surface area contributed by atoms with Gasteiger partial charge in [0.1, 0.15) is 6.79 Å². The van der Waals surface area contributed by atoms with Crippen LogP contribution < -0.4 is 5.32 Å². The Morgan fingerprint density at radius 2 is 1.92 bits per heavy atom. The summed E-state index contributed by atoms with van der Waals surface area (Å²) in [5.74, 6) is 0. The fourth-order valence-corrected chi connectivity index (χ4v) is 0.586. The van der Waals surface area contributed by atoms with Gasteiger partial charge in [-0.2, -0.15) is 0 Å². The van der Waals surface area contributed by atoms with Crippen LogP contribution in [0.4, 0.5) is 0 Å². The SMILES string of the molecule is COCOCCOCCNCO. The molecule has 5 heteroatoms. The second kappa shape index (κ2) is 10.8. The fourth-order valence-electron chi connectivity index (χ4n) is 0.586. The van der Waals surface area contributed by atoms with Gasteiger partial charge in [0.2, 0.25) is 0 Å². The lowest BCUT2D eigenvalue weighted by Gasteiger charge is -2.04. The summed E-state index contributed by atoms with van der Waals surface area (Å²) in [6.45, 7) is 2.61. The first kappa shape index (κ1) is 11.8. The first-order valence-electron chi connectivity index (χ1n) is 3.87. The highest BCUT2D eigenvalue weighted by atomic mass is 16.7. The van der Waals surface area contributed by atoms with Gasteiger partial charge >= 0.3 is 0 Å². The number of nitrogens with one attached hydrogen (secondary N) is 1. The van der Waals surface area contributed by atoms with Crippen molar-refractivity contribution in [2.45, 2.75) is 0 Å². The Balaban J connectivity index is 2.73. The van der Waals surface area contributed by atoms with E-state index in [-0.39, 0.29) is 6.73 Å². The molecule has 0 aromatic rings. The van der Waals surface area contributed by atoms with Crippen molar-refractivity contribution in [3.8, 4) is 0 Å². The number of aliphatic hydroxyl groups is 1. The monoisotopic (exact) mass is 179 g/mol. The van der Waals surface area contributed by atoms with Crippen molar-refractivity contribution < 1.29 is 19.3 Å². The summed E-state index contributed by atoms with van der Waals surface area (Å²) in [4.78, 5) is 0. The van der Waals surface area contributed by atoms with Crippen molar-refractivity contribution in [3.63, 3.8) is 0 Å². The molecule has 0 rings (SSSR count). The molecule has 0 aromatic heterocycles. The minimum Gasteiger partial charge on any atom is -0.381 e. The van der Waals surface area contributed by atoms with E-state index in [2.05, 4.69) is 10.1 Å². The molecule has 0 aliphatic rings. The van der Waals surface area contributed by atoms with E-state index in [0.29, 0.717) is 33.2 Å². The Hall–Kier alpha value is -0.200. The minimum atomic E-state index is -0.0104. The van der Waals surface area contributed by atoms with E-state index in [1.54, 1.807) is 7.11 Å². The van der Waals surface area contributed by atoms with Crippen molar-refractivity contribution in [1.29, 1.82) is 0 Å². The molecule has 5 nitrogen and oxygen atoms in total. The van der Waals surface area contributed by atoms with E-state index in [1.807, 2.05) is 0 Å². The van der Waals surface area contributed by atoms with Crippen LogP contribution in [0.5, 0.6) is 0 Å². The van der Waals surface area contributed by atoms with Crippen LogP contribution in [0.2, 0.25) is 0 Å². The standard InChI is InChI=1S/C7H17NO4/c1-10-7-12-5-4-11-3-2-8-6-9/h8-9H,2-7H2,1H3. The van der Waals surface area contributed by atoms with E-state index in [4.69, 9.17) is 14.6 Å². The first-order valence-corrected chi connectivity index (χ1v) is 3.87. The highest BCUT2D eigenvalue weighted by molar-refractivity contribution is 4.36. The molecule has 0 heterocycles. The van der Waals surface area contributed by atoms with Crippen LogP contribution in [0.1, 0.15) is 0 Å². The summed E-state index contributed by atoms with van der Waals surface area (Å²) >= 11 is 0. The van der Waals surface area contributed by atoms with Gasteiger partial charge in [0.25, 0.3) is 0 Å². The Bertz CT molecular complexity index is 71.8. The van der Waals surface area contributed by atoms with Crippen molar-refractivity contribution in [2.24, 2.45) is 0 Å². The van der Waals surface area contributed by atoms with Gasteiger partial charge in [-0.25, -0.2) is 0 Å². The average Bonchev–Trinajstić information content (AvgIpc) is 2.10. The number of ether oxygens (including phenoxy) is 3. The smallest absolute Gasteiger partial charge is 0.146 e. The van der Waals surface area contributed by atoms with Gasteiger partial charge in [0, 0.05) is 13.7 Å².